The molecule has 0 amide bonds. The Bertz CT molecular complexity index is 279. The molecule has 5 heteroatoms. The Kier molecular flexibility index (Phi) is 1.23. The van der Waals surface area contributed by atoms with E-state index in [2.05, 4.69) is 9.59 Å². The highest BCUT2D eigenvalue weighted by Gasteiger charge is 2.53. The number of aromatic nitrogens is 2. The van der Waals surface area contributed by atoms with Crippen LogP contribution in [-0.2, 0) is 10.2 Å². The molecule has 1 aliphatic carbocycles. The molecule has 0 aromatic carbocycles. The van der Waals surface area contributed by atoms with Crippen LogP contribution in [0.25, 0.3) is 0 Å². The van der Waals surface area contributed by atoms with Gasteiger partial charge in [0.2, 0.25) is 0 Å². The fourth-order valence-electron chi connectivity index (χ4n) is 1.08. The summed E-state index contributed by atoms with van der Waals surface area (Å²) >= 11 is 1.20. The van der Waals surface area contributed by atoms with E-state index in [1.165, 1.54) is 11.5 Å². The monoisotopic (exact) mass is 170 g/mol. The van der Waals surface area contributed by atoms with Crippen LogP contribution < -0.4 is 0 Å². The van der Waals surface area contributed by atoms with Gasteiger partial charge in [-0.15, -0.1) is 5.10 Å². The Balaban J connectivity index is 2.36. The topological polar surface area (TPSA) is 63.1 Å². The van der Waals surface area contributed by atoms with Crippen molar-refractivity contribution >= 4 is 17.5 Å². The average molecular weight is 170 g/mol. The minimum absolute atomic E-state index is 0.620. The predicted molar refractivity (Wildman–Crippen MR) is 38.5 cm³/mol. The Hall–Kier alpha value is -0.970. The molecule has 0 bridgehead atoms. The lowest BCUT2D eigenvalue weighted by Crippen LogP contribution is -2.19. The molecule has 1 aromatic rings. The van der Waals surface area contributed by atoms with E-state index in [-0.39, 0.29) is 0 Å². The summed E-state index contributed by atoms with van der Waals surface area (Å²) in [4.78, 5) is 10.7. The van der Waals surface area contributed by atoms with Crippen molar-refractivity contribution in [2.24, 2.45) is 0 Å². The van der Waals surface area contributed by atoms with Crippen LogP contribution in [0, 0.1) is 0 Å². The first-order valence-electron chi connectivity index (χ1n) is 3.27. The maximum Gasteiger partial charge on any atom is 0.315 e. The van der Waals surface area contributed by atoms with Gasteiger partial charge in [-0.1, -0.05) is 4.49 Å². The van der Waals surface area contributed by atoms with Gasteiger partial charge in [-0.05, 0) is 24.4 Å². The number of hydrogen-bond acceptors (Lipinski definition) is 4. The zero-order valence-electron chi connectivity index (χ0n) is 5.65. The van der Waals surface area contributed by atoms with Crippen molar-refractivity contribution in [3.8, 4) is 0 Å². The highest BCUT2D eigenvalue weighted by Crippen LogP contribution is 2.47. The van der Waals surface area contributed by atoms with Crippen molar-refractivity contribution < 1.29 is 9.90 Å². The molecule has 0 spiro atoms. The van der Waals surface area contributed by atoms with Crippen molar-refractivity contribution in [3.05, 3.63) is 11.1 Å². The SMILES string of the molecule is O=C(O)C1(c2csnn2)CC1. The molecule has 1 fully saturated rings. The third kappa shape index (κ3) is 0.841. The van der Waals surface area contributed by atoms with Gasteiger partial charge in [0, 0.05) is 5.38 Å². The molecule has 0 unspecified atom stereocenters. The number of carboxylic acid groups (broad SMARTS) is 1. The lowest BCUT2D eigenvalue weighted by molar-refractivity contribution is -0.140. The molecule has 4 nitrogen and oxygen atoms in total. The smallest absolute Gasteiger partial charge is 0.315 e. The molecular weight excluding hydrogens is 164 g/mol. The van der Waals surface area contributed by atoms with E-state index in [4.69, 9.17) is 5.11 Å². The molecule has 1 heterocycles. The summed E-state index contributed by atoms with van der Waals surface area (Å²) in [5.74, 6) is -0.773. The number of hydrogen-bond donors (Lipinski definition) is 1. The molecule has 58 valence electrons. The molecule has 1 aromatic heterocycles. The van der Waals surface area contributed by atoms with Gasteiger partial charge in [-0.2, -0.15) is 0 Å². The summed E-state index contributed by atoms with van der Waals surface area (Å²) in [6.07, 6.45) is 1.40. The number of carboxylic acids is 1. The van der Waals surface area contributed by atoms with Crippen LogP contribution in [0.2, 0.25) is 0 Å². The van der Waals surface area contributed by atoms with Crippen molar-refractivity contribution in [1.29, 1.82) is 0 Å². The molecule has 0 aliphatic heterocycles. The standard InChI is InChI=1S/C6H6N2O2S/c9-5(10)6(1-2-6)4-3-11-8-7-4/h3H,1-2H2,(H,9,10). The quantitative estimate of drug-likeness (QED) is 0.708. The van der Waals surface area contributed by atoms with E-state index >= 15 is 0 Å². The molecule has 1 N–H and O–H groups in total. The van der Waals surface area contributed by atoms with E-state index < -0.39 is 11.4 Å². The van der Waals surface area contributed by atoms with E-state index in [0.29, 0.717) is 18.5 Å². The molecule has 0 radical (unpaired) electrons. The molecule has 0 saturated heterocycles. The molecule has 0 atom stereocenters. The lowest BCUT2D eigenvalue weighted by atomic mass is 10.1. The maximum absolute atomic E-state index is 10.7. The van der Waals surface area contributed by atoms with E-state index in [9.17, 15) is 4.79 Å². The predicted octanol–water partition coefficient (Wildman–Crippen LogP) is 0.654. The first kappa shape index (κ1) is 6.72. The van der Waals surface area contributed by atoms with Gasteiger partial charge in [0.05, 0.1) is 5.69 Å². The van der Waals surface area contributed by atoms with Crippen LogP contribution in [-0.4, -0.2) is 20.7 Å². The molecular formula is C6H6N2O2S. The highest BCUT2D eigenvalue weighted by atomic mass is 32.1. The van der Waals surface area contributed by atoms with Crippen LogP contribution >= 0.6 is 11.5 Å². The molecule has 11 heavy (non-hydrogen) atoms. The van der Waals surface area contributed by atoms with Gasteiger partial charge in [0.15, 0.2) is 0 Å². The summed E-state index contributed by atoms with van der Waals surface area (Å²) in [5.41, 5.74) is -0.0532. The second-order valence-electron chi connectivity index (χ2n) is 2.68. The van der Waals surface area contributed by atoms with Crippen LogP contribution in [0.4, 0.5) is 0 Å². The van der Waals surface area contributed by atoms with Crippen LogP contribution in [0.5, 0.6) is 0 Å². The van der Waals surface area contributed by atoms with Crippen molar-refractivity contribution in [2.45, 2.75) is 18.3 Å². The lowest BCUT2D eigenvalue weighted by Gasteiger charge is -2.02. The van der Waals surface area contributed by atoms with E-state index in [0.717, 1.165) is 0 Å². The minimum Gasteiger partial charge on any atom is -0.481 e. The van der Waals surface area contributed by atoms with Crippen LogP contribution in [0.15, 0.2) is 5.38 Å². The van der Waals surface area contributed by atoms with Gasteiger partial charge in [-0.3, -0.25) is 4.79 Å². The largest absolute Gasteiger partial charge is 0.481 e. The van der Waals surface area contributed by atoms with Gasteiger partial charge in [0.1, 0.15) is 5.41 Å². The van der Waals surface area contributed by atoms with E-state index in [1.54, 1.807) is 5.38 Å². The third-order valence-corrected chi connectivity index (χ3v) is 2.51. The summed E-state index contributed by atoms with van der Waals surface area (Å²) in [6, 6.07) is 0. The number of carbonyl (C=O) groups is 1. The Morgan fingerprint density at radius 2 is 2.45 bits per heavy atom. The average Bonchev–Trinajstić information content (AvgIpc) is 2.61. The van der Waals surface area contributed by atoms with Crippen LogP contribution in [0.3, 0.4) is 0 Å². The second-order valence-corrected chi connectivity index (χ2v) is 3.29. The zero-order chi connectivity index (χ0) is 7.90. The molecule has 1 aliphatic rings. The second kappa shape index (κ2) is 2.01. The molecule has 2 rings (SSSR count). The highest BCUT2D eigenvalue weighted by molar-refractivity contribution is 7.03. The van der Waals surface area contributed by atoms with Crippen molar-refractivity contribution in [2.75, 3.05) is 0 Å². The summed E-state index contributed by atoms with van der Waals surface area (Å²) in [5, 5.41) is 14.3. The van der Waals surface area contributed by atoms with E-state index in [1.807, 2.05) is 0 Å². The first-order chi connectivity index (χ1) is 5.26. The Morgan fingerprint density at radius 1 is 1.73 bits per heavy atom. The summed E-state index contributed by atoms with van der Waals surface area (Å²) in [6.45, 7) is 0. The van der Waals surface area contributed by atoms with Crippen LogP contribution in [0.1, 0.15) is 18.5 Å². The van der Waals surface area contributed by atoms with Gasteiger partial charge < -0.3 is 5.11 Å². The summed E-state index contributed by atoms with van der Waals surface area (Å²) < 4.78 is 3.64. The first-order valence-corrected chi connectivity index (χ1v) is 4.10. The zero-order valence-corrected chi connectivity index (χ0v) is 6.47. The van der Waals surface area contributed by atoms with Crippen molar-refractivity contribution in [1.82, 2.24) is 9.59 Å². The third-order valence-electron chi connectivity index (χ3n) is 2.01. The number of rotatable bonds is 2. The van der Waals surface area contributed by atoms with Crippen molar-refractivity contribution in [3.63, 3.8) is 0 Å². The molecule has 1 saturated carbocycles. The Morgan fingerprint density at radius 3 is 2.82 bits per heavy atom. The van der Waals surface area contributed by atoms with Gasteiger partial charge in [-0.25, -0.2) is 0 Å². The van der Waals surface area contributed by atoms with Gasteiger partial charge >= 0.3 is 5.97 Å². The maximum atomic E-state index is 10.7. The normalized spacial score (nSPS) is 19.6. The number of aliphatic carboxylic acids is 1. The fraction of sp³-hybridized carbons (Fsp3) is 0.500. The number of nitrogens with zero attached hydrogens (tertiary/aromatic N) is 2. The fourth-order valence-corrected chi connectivity index (χ4v) is 1.63. The summed E-state index contributed by atoms with van der Waals surface area (Å²) in [7, 11) is 0. The van der Waals surface area contributed by atoms with Gasteiger partial charge in [0.25, 0.3) is 0 Å². The Labute approximate surface area is 67.0 Å². The minimum atomic E-state index is -0.773.